The lowest BCUT2D eigenvalue weighted by molar-refractivity contribution is 0.0514. The SMILES string of the molecule is CCOC(=O)c1cc2c(n1Cc1ccccc1)C(=O)C(=CN(C)C)CCC2. The third-order valence-corrected chi connectivity index (χ3v) is 4.66. The number of fused-ring (bicyclic) bond motifs is 1. The van der Waals surface area contributed by atoms with Gasteiger partial charge < -0.3 is 14.2 Å². The maximum Gasteiger partial charge on any atom is 0.354 e. The predicted molar refractivity (Wildman–Crippen MR) is 105 cm³/mol. The number of Topliss-reactive ketones (excluding diaryl/α,β-unsaturated/α-hetero) is 1. The molecule has 0 atom stereocenters. The molecule has 0 fully saturated rings. The van der Waals surface area contributed by atoms with Crippen molar-refractivity contribution in [1.82, 2.24) is 9.47 Å². The Morgan fingerprint density at radius 1 is 1.22 bits per heavy atom. The number of ether oxygens (including phenoxy) is 1. The van der Waals surface area contributed by atoms with Gasteiger partial charge in [-0.1, -0.05) is 30.3 Å². The number of carbonyl (C=O) groups is 2. The second-order valence-corrected chi connectivity index (χ2v) is 7.00. The quantitative estimate of drug-likeness (QED) is 0.460. The first-order valence-electron chi connectivity index (χ1n) is 9.36. The summed E-state index contributed by atoms with van der Waals surface area (Å²) >= 11 is 0. The van der Waals surface area contributed by atoms with Crippen LogP contribution in [0.4, 0.5) is 0 Å². The highest BCUT2D eigenvalue weighted by atomic mass is 16.5. The molecule has 3 rings (SSSR count). The van der Waals surface area contributed by atoms with E-state index >= 15 is 0 Å². The van der Waals surface area contributed by atoms with Crippen LogP contribution in [0.15, 0.2) is 48.2 Å². The highest BCUT2D eigenvalue weighted by Crippen LogP contribution is 2.29. The molecule has 0 aliphatic heterocycles. The van der Waals surface area contributed by atoms with Gasteiger partial charge in [-0.05, 0) is 43.4 Å². The Bertz CT molecular complexity index is 863. The van der Waals surface area contributed by atoms with Gasteiger partial charge in [0, 0.05) is 32.4 Å². The number of aryl methyl sites for hydroxylation is 1. The Labute approximate surface area is 160 Å². The topological polar surface area (TPSA) is 51.5 Å². The summed E-state index contributed by atoms with van der Waals surface area (Å²) in [5.74, 6) is -0.380. The minimum absolute atomic E-state index is 0.00248. The molecule has 1 aliphatic carbocycles. The second kappa shape index (κ2) is 8.25. The van der Waals surface area contributed by atoms with Crippen LogP contribution >= 0.6 is 0 Å². The number of nitrogens with zero attached hydrogens (tertiary/aromatic N) is 2. The summed E-state index contributed by atoms with van der Waals surface area (Å²) in [4.78, 5) is 27.8. The number of hydrogen-bond donors (Lipinski definition) is 0. The van der Waals surface area contributed by atoms with Crippen LogP contribution in [-0.2, 0) is 17.7 Å². The van der Waals surface area contributed by atoms with Gasteiger partial charge in [0.1, 0.15) is 5.69 Å². The Morgan fingerprint density at radius 2 is 1.96 bits per heavy atom. The summed E-state index contributed by atoms with van der Waals surface area (Å²) in [6.07, 6.45) is 4.29. The van der Waals surface area contributed by atoms with Crippen molar-refractivity contribution in [3.63, 3.8) is 0 Å². The molecule has 1 aromatic heterocycles. The van der Waals surface area contributed by atoms with Crippen LogP contribution in [0, 0.1) is 0 Å². The standard InChI is InChI=1S/C22H26N2O3/c1-4-27-22(26)19-13-17-11-8-12-18(15-23(2)3)21(25)20(17)24(19)14-16-9-6-5-7-10-16/h5-7,9-10,13,15H,4,8,11-12,14H2,1-3H3. The molecular formula is C22H26N2O3. The minimum Gasteiger partial charge on any atom is -0.461 e. The molecule has 0 saturated heterocycles. The Hall–Kier alpha value is -2.82. The molecule has 142 valence electrons. The van der Waals surface area contributed by atoms with Crippen LogP contribution in [0.5, 0.6) is 0 Å². The first-order valence-corrected chi connectivity index (χ1v) is 9.36. The zero-order valence-electron chi connectivity index (χ0n) is 16.2. The molecule has 2 aromatic rings. The summed E-state index contributed by atoms with van der Waals surface area (Å²) in [6.45, 7) is 2.56. The predicted octanol–water partition coefficient (Wildman–Crippen LogP) is 3.68. The average molecular weight is 366 g/mol. The number of benzene rings is 1. The van der Waals surface area contributed by atoms with Crippen molar-refractivity contribution in [2.24, 2.45) is 0 Å². The molecule has 0 unspecified atom stereocenters. The van der Waals surface area contributed by atoms with Gasteiger partial charge in [-0.2, -0.15) is 0 Å². The van der Waals surface area contributed by atoms with Crippen molar-refractivity contribution < 1.29 is 14.3 Å². The molecule has 5 nitrogen and oxygen atoms in total. The normalized spacial score (nSPS) is 15.4. The monoisotopic (exact) mass is 366 g/mol. The number of carbonyl (C=O) groups excluding carboxylic acids is 2. The van der Waals surface area contributed by atoms with E-state index in [0.29, 0.717) is 24.5 Å². The summed E-state index contributed by atoms with van der Waals surface area (Å²) in [6, 6.07) is 11.7. The fourth-order valence-electron chi connectivity index (χ4n) is 3.54. The summed E-state index contributed by atoms with van der Waals surface area (Å²) in [5.41, 5.74) is 3.82. The Balaban J connectivity index is 2.12. The molecule has 0 bridgehead atoms. The smallest absolute Gasteiger partial charge is 0.354 e. The lowest BCUT2D eigenvalue weighted by atomic mass is 10.1. The lowest BCUT2D eigenvalue weighted by Gasteiger charge is -2.14. The molecule has 27 heavy (non-hydrogen) atoms. The van der Waals surface area contributed by atoms with Crippen LogP contribution in [0.1, 0.15) is 51.9 Å². The molecular weight excluding hydrogens is 340 g/mol. The van der Waals surface area contributed by atoms with Crippen molar-refractivity contribution >= 4 is 11.8 Å². The van der Waals surface area contributed by atoms with Crippen LogP contribution in [0.2, 0.25) is 0 Å². The first kappa shape index (κ1) is 19.0. The highest BCUT2D eigenvalue weighted by molar-refractivity contribution is 6.10. The van der Waals surface area contributed by atoms with E-state index in [9.17, 15) is 9.59 Å². The van der Waals surface area contributed by atoms with Gasteiger partial charge >= 0.3 is 5.97 Å². The van der Waals surface area contributed by atoms with E-state index in [2.05, 4.69) is 0 Å². The summed E-state index contributed by atoms with van der Waals surface area (Å²) in [7, 11) is 3.83. The molecule has 5 heteroatoms. The molecule has 1 aliphatic rings. The lowest BCUT2D eigenvalue weighted by Crippen LogP contribution is -2.19. The summed E-state index contributed by atoms with van der Waals surface area (Å²) in [5, 5.41) is 0. The highest BCUT2D eigenvalue weighted by Gasteiger charge is 2.29. The second-order valence-electron chi connectivity index (χ2n) is 7.00. The van der Waals surface area contributed by atoms with Gasteiger partial charge in [0.25, 0.3) is 0 Å². The zero-order chi connectivity index (χ0) is 19.4. The maximum absolute atomic E-state index is 13.3. The Morgan fingerprint density at radius 3 is 2.63 bits per heavy atom. The molecule has 0 radical (unpaired) electrons. The van der Waals surface area contributed by atoms with Gasteiger partial charge in [-0.25, -0.2) is 4.79 Å². The van der Waals surface area contributed by atoms with Gasteiger partial charge in [0.2, 0.25) is 5.78 Å². The van der Waals surface area contributed by atoms with E-state index in [1.165, 1.54) is 0 Å². The van der Waals surface area contributed by atoms with Gasteiger partial charge in [-0.15, -0.1) is 0 Å². The number of aromatic nitrogens is 1. The molecule has 1 aromatic carbocycles. The number of esters is 1. The maximum atomic E-state index is 13.3. The number of hydrogen-bond acceptors (Lipinski definition) is 4. The molecule has 0 amide bonds. The Kier molecular flexibility index (Phi) is 5.79. The van der Waals surface area contributed by atoms with Crippen LogP contribution in [-0.4, -0.2) is 41.9 Å². The fraction of sp³-hybridized carbons (Fsp3) is 0.364. The largest absolute Gasteiger partial charge is 0.461 e. The van der Waals surface area contributed by atoms with E-state index in [1.54, 1.807) is 6.92 Å². The van der Waals surface area contributed by atoms with Crippen molar-refractivity contribution in [1.29, 1.82) is 0 Å². The first-order chi connectivity index (χ1) is 13.0. The number of allylic oxidation sites excluding steroid dienone is 1. The molecule has 0 N–H and O–H groups in total. The van der Waals surface area contributed by atoms with Gasteiger partial charge in [0.05, 0.1) is 12.3 Å². The van der Waals surface area contributed by atoms with E-state index < -0.39 is 0 Å². The number of ketones is 1. The van der Waals surface area contributed by atoms with Crippen LogP contribution in [0.25, 0.3) is 0 Å². The summed E-state index contributed by atoms with van der Waals surface area (Å²) < 4.78 is 7.08. The average Bonchev–Trinajstić information content (AvgIpc) is 2.91. The van der Waals surface area contributed by atoms with E-state index in [1.807, 2.05) is 66.2 Å². The molecule has 0 spiro atoms. The van der Waals surface area contributed by atoms with Crippen molar-refractivity contribution in [3.8, 4) is 0 Å². The van der Waals surface area contributed by atoms with E-state index in [0.717, 1.165) is 36.0 Å². The van der Waals surface area contributed by atoms with E-state index in [-0.39, 0.29) is 11.8 Å². The van der Waals surface area contributed by atoms with Gasteiger partial charge in [0.15, 0.2) is 0 Å². The minimum atomic E-state index is -0.382. The van der Waals surface area contributed by atoms with Crippen LogP contribution < -0.4 is 0 Å². The third kappa shape index (κ3) is 4.13. The van der Waals surface area contributed by atoms with Crippen molar-refractivity contribution in [2.75, 3.05) is 20.7 Å². The van der Waals surface area contributed by atoms with Gasteiger partial charge in [-0.3, -0.25) is 4.79 Å². The molecule has 1 heterocycles. The van der Waals surface area contributed by atoms with Crippen molar-refractivity contribution in [2.45, 2.75) is 32.7 Å². The third-order valence-electron chi connectivity index (χ3n) is 4.66. The van der Waals surface area contributed by atoms with Crippen molar-refractivity contribution in [3.05, 3.63) is 70.7 Å². The van der Waals surface area contributed by atoms with Crippen LogP contribution in [0.3, 0.4) is 0 Å². The molecule has 0 saturated carbocycles. The zero-order valence-corrected chi connectivity index (χ0v) is 16.2. The van der Waals surface area contributed by atoms with E-state index in [4.69, 9.17) is 4.74 Å². The fourth-order valence-corrected chi connectivity index (χ4v) is 3.54. The number of rotatable bonds is 5.